The van der Waals surface area contributed by atoms with E-state index in [0.717, 1.165) is 0 Å². The lowest BCUT2D eigenvalue weighted by Crippen LogP contribution is -2.36. The Morgan fingerprint density at radius 1 is 1.32 bits per heavy atom. The summed E-state index contributed by atoms with van der Waals surface area (Å²) in [5.74, 6) is 1.69. The Morgan fingerprint density at radius 3 is 2.68 bits per heavy atom. The number of hydrogen-bond acceptors (Lipinski definition) is 6. The molecule has 0 fully saturated rings. The molecule has 0 radical (unpaired) electrons. The van der Waals surface area contributed by atoms with E-state index < -0.39 is 0 Å². The van der Waals surface area contributed by atoms with E-state index in [-0.39, 0.29) is 11.5 Å². The molecule has 1 atom stereocenters. The summed E-state index contributed by atoms with van der Waals surface area (Å²) in [5, 5.41) is 3.93. The fourth-order valence-electron chi connectivity index (χ4n) is 1.52. The molecule has 102 valence electrons. The maximum absolute atomic E-state index is 6.10. The van der Waals surface area contributed by atoms with Gasteiger partial charge in [-0.2, -0.15) is 4.98 Å². The SMILES string of the molecule is Cc1nccc(-c2noc(CC(N)C(C)(C)C)n2)n1. The Hall–Kier alpha value is -1.82. The van der Waals surface area contributed by atoms with Gasteiger partial charge >= 0.3 is 0 Å². The van der Waals surface area contributed by atoms with Gasteiger partial charge in [-0.05, 0) is 18.4 Å². The van der Waals surface area contributed by atoms with Crippen molar-refractivity contribution >= 4 is 0 Å². The minimum Gasteiger partial charge on any atom is -0.339 e. The third kappa shape index (κ3) is 3.35. The van der Waals surface area contributed by atoms with Gasteiger partial charge in [0.2, 0.25) is 11.7 Å². The zero-order valence-corrected chi connectivity index (χ0v) is 11.7. The summed E-state index contributed by atoms with van der Waals surface area (Å²) in [7, 11) is 0. The highest BCUT2D eigenvalue weighted by Crippen LogP contribution is 2.21. The lowest BCUT2D eigenvalue weighted by molar-refractivity contribution is 0.286. The van der Waals surface area contributed by atoms with Crippen LogP contribution in [0.5, 0.6) is 0 Å². The van der Waals surface area contributed by atoms with Crippen LogP contribution in [0.1, 0.15) is 32.5 Å². The van der Waals surface area contributed by atoms with Gasteiger partial charge in [0.05, 0.1) is 0 Å². The van der Waals surface area contributed by atoms with Crippen LogP contribution in [0.25, 0.3) is 11.5 Å². The van der Waals surface area contributed by atoms with Crippen molar-refractivity contribution in [2.45, 2.75) is 40.2 Å². The number of nitrogens with two attached hydrogens (primary N) is 1. The van der Waals surface area contributed by atoms with E-state index in [0.29, 0.717) is 29.7 Å². The maximum atomic E-state index is 6.10. The number of aromatic nitrogens is 4. The van der Waals surface area contributed by atoms with Gasteiger partial charge in [0.25, 0.3) is 0 Å². The minimum absolute atomic E-state index is 0.000137. The summed E-state index contributed by atoms with van der Waals surface area (Å²) in [6, 6.07) is 1.72. The molecule has 19 heavy (non-hydrogen) atoms. The van der Waals surface area contributed by atoms with Crippen LogP contribution in [0.3, 0.4) is 0 Å². The third-order valence-corrected chi connectivity index (χ3v) is 2.98. The van der Waals surface area contributed by atoms with Gasteiger partial charge in [0, 0.05) is 18.7 Å². The average Bonchev–Trinajstić information content (AvgIpc) is 2.76. The zero-order valence-electron chi connectivity index (χ0n) is 11.7. The first kappa shape index (κ1) is 13.6. The van der Waals surface area contributed by atoms with Gasteiger partial charge in [-0.25, -0.2) is 9.97 Å². The molecule has 1 unspecified atom stereocenters. The lowest BCUT2D eigenvalue weighted by atomic mass is 9.85. The van der Waals surface area contributed by atoms with Crippen molar-refractivity contribution in [2.24, 2.45) is 11.1 Å². The van der Waals surface area contributed by atoms with Crippen molar-refractivity contribution < 1.29 is 4.52 Å². The first-order valence-corrected chi connectivity index (χ1v) is 6.24. The number of hydrogen-bond donors (Lipinski definition) is 1. The molecule has 6 heteroatoms. The van der Waals surface area contributed by atoms with Crippen molar-refractivity contribution in [3.05, 3.63) is 24.0 Å². The number of rotatable bonds is 3. The molecule has 2 aromatic heterocycles. The quantitative estimate of drug-likeness (QED) is 0.905. The Kier molecular flexibility index (Phi) is 3.61. The lowest BCUT2D eigenvalue weighted by Gasteiger charge is -2.25. The second-order valence-corrected chi connectivity index (χ2v) is 5.68. The molecule has 2 aromatic rings. The molecular formula is C13H19N5O. The molecule has 0 aliphatic carbocycles. The van der Waals surface area contributed by atoms with E-state index in [9.17, 15) is 0 Å². The van der Waals surface area contributed by atoms with E-state index >= 15 is 0 Å². The summed E-state index contributed by atoms with van der Waals surface area (Å²) < 4.78 is 5.22. The molecule has 0 bridgehead atoms. The molecule has 0 aliphatic heterocycles. The topological polar surface area (TPSA) is 90.7 Å². The van der Waals surface area contributed by atoms with Crippen LogP contribution in [-0.4, -0.2) is 26.2 Å². The standard InChI is InChI=1S/C13H19N5O/c1-8-15-6-5-9(16-8)12-17-11(19-18-12)7-10(14)13(2,3)4/h5-6,10H,7,14H2,1-4H3. The second-order valence-electron chi connectivity index (χ2n) is 5.68. The van der Waals surface area contributed by atoms with E-state index in [2.05, 4.69) is 40.9 Å². The number of aryl methyl sites for hydroxylation is 1. The van der Waals surface area contributed by atoms with Crippen molar-refractivity contribution in [2.75, 3.05) is 0 Å². The molecule has 0 saturated heterocycles. The molecule has 2 heterocycles. The number of nitrogens with zero attached hydrogens (tertiary/aromatic N) is 4. The Balaban J connectivity index is 2.16. The molecule has 0 aliphatic rings. The fraction of sp³-hybridized carbons (Fsp3) is 0.538. The van der Waals surface area contributed by atoms with Crippen molar-refractivity contribution in [1.29, 1.82) is 0 Å². The predicted molar refractivity (Wildman–Crippen MR) is 71.2 cm³/mol. The molecular weight excluding hydrogens is 242 g/mol. The van der Waals surface area contributed by atoms with Crippen molar-refractivity contribution in [3.8, 4) is 11.5 Å². The smallest absolute Gasteiger partial charge is 0.228 e. The molecule has 0 saturated carbocycles. The highest BCUT2D eigenvalue weighted by molar-refractivity contribution is 5.46. The van der Waals surface area contributed by atoms with Gasteiger partial charge < -0.3 is 10.3 Å². The molecule has 6 nitrogen and oxygen atoms in total. The second kappa shape index (κ2) is 5.05. The predicted octanol–water partition coefficient (Wildman–Crippen LogP) is 1.75. The van der Waals surface area contributed by atoms with Crippen molar-refractivity contribution in [3.63, 3.8) is 0 Å². The van der Waals surface area contributed by atoms with Crippen LogP contribution in [0.15, 0.2) is 16.8 Å². The first-order chi connectivity index (χ1) is 8.86. The van der Waals surface area contributed by atoms with E-state index in [1.165, 1.54) is 0 Å². The molecule has 2 N–H and O–H groups in total. The van der Waals surface area contributed by atoms with E-state index in [1.807, 2.05) is 6.92 Å². The van der Waals surface area contributed by atoms with Gasteiger partial charge in [-0.3, -0.25) is 0 Å². The van der Waals surface area contributed by atoms with Crippen molar-refractivity contribution in [1.82, 2.24) is 20.1 Å². The van der Waals surface area contributed by atoms with Crippen LogP contribution in [0, 0.1) is 12.3 Å². The first-order valence-electron chi connectivity index (χ1n) is 6.24. The van der Waals surface area contributed by atoms with Gasteiger partial charge in [-0.1, -0.05) is 25.9 Å². The van der Waals surface area contributed by atoms with Crippen LogP contribution < -0.4 is 5.73 Å². The Morgan fingerprint density at radius 2 is 2.05 bits per heavy atom. The normalized spacial score (nSPS) is 13.5. The highest BCUT2D eigenvalue weighted by Gasteiger charge is 2.23. The summed E-state index contributed by atoms with van der Waals surface area (Å²) in [4.78, 5) is 12.6. The van der Waals surface area contributed by atoms with Gasteiger partial charge in [-0.15, -0.1) is 0 Å². The molecule has 0 aromatic carbocycles. The summed E-state index contributed by atoms with van der Waals surface area (Å²) in [5.41, 5.74) is 6.76. The van der Waals surface area contributed by atoms with Crippen LogP contribution in [0.4, 0.5) is 0 Å². The summed E-state index contributed by atoms with van der Waals surface area (Å²) >= 11 is 0. The minimum atomic E-state index is -0.0343. The van der Waals surface area contributed by atoms with Gasteiger partial charge in [0.1, 0.15) is 11.5 Å². The van der Waals surface area contributed by atoms with E-state index in [4.69, 9.17) is 10.3 Å². The summed E-state index contributed by atoms with van der Waals surface area (Å²) in [6.07, 6.45) is 2.23. The Labute approximate surface area is 112 Å². The third-order valence-electron chi connectivity index (χ3n) is 2.98. The van der Waals surface area contributed by atoms with Crippen LogP contribution >= 0.6 is 0 Å². The monoisotopic (exact) mass is 261 g/mol. The molecule has 0 spiro atoms. The zero-order chi connectivity index (χ0) is 14.0. The largest absolute Gasteiger partial charge is 0.339 e. The van der Waals surface area contributed by atoms with E-state index in [1.54, 1.807) is 12.3 Å². The molecule has 2 rings (SSSR count). The average molecular weight is 261 g/mol. The van der Waals surface area contributed by atoms with Crippen LogP contribution in [0.2, 0.25) is 0 Å². The summed E-state index contributed by atoms with van der Waals surface area (Å²) in [6.45, 7) is 8.08. The van der Waals surface area contributed by atoms with Crippen LogP contribution in [-0.2, 0) is 6.42 Å². The van der Waals surface area contributed by atoms with Gasteiger partial charge in [0.15, 0.2) is 0 Å². The Bertz CT molecular complexity index is 558. The highest BCUT2D eigenvalue weighted by atomic mass is 16.5. The molecule has 0 amide bonds. The maximum Gasteiger partial charge on any atom is 0.228 e. The fourth-order valence-corrected chi connectivity index (χ4v) is 1.52.